The molecule has 1 fully saturated rings. The van der Waals surface area contributed by atoms with Crippen LogP contribution in [-0.2, 0) is 9.59 Å². The molecule has 1 aromatic carbocycles. The molecular weight excluding hydrogens is 548 g/mol. The number of amides is 2. The number of imidazole rings is 1. The molecule has 11 nitrogen and oxygen atoms in total. The fourth-order valence-electron chi connectivity index (χ4n) is 5.26. The van der Waals surface area contributed by atoms with Crippen LogP contribution in [0.4, 0.5) is 10.2 Å². The lowest BCUT2D eigenvalue weighted by Gasteiger charge is -2.33. The molecule has 0 bridgehead atoms. The third-order valence-electron chi connectivity index (χ3n) is 6.85. The molecule has 0 spiro atoms. The van der Waals surface area contributed by atoms with Crippen molar-refractivity contribution in [3.8, 4) is 16.9 Å². The molecule has 3 aromatic heterocycles. The average Bonchev–Trinajstić information content (AvgIpc) is 3.65. The first-order valence-electron chi connectivity index (χ1n) is 12.0. The van der Waals surface area contributed by atoms with Crippen molar-refractivity contribution in [2.24, 2.45) is 0 Å². The number of pyridine rings is 1. The van der Waals surface area contributed by atoms with Gasteiger partial charge in [-0.15, -0.1) is 5.10 Å². The standard InChI is InChI=1S/C25H20Cl2FN9O2/c1-12(38)31-19-9-13(6-7-29-19)23-24(27)33-25(32-23)18-4-2-15-8-14(10-20(39)37(15)18)21-17(36-11-30-34-35-36)5-3-16(26)22(21)28/h3,5-7,9-11,15,18H,2,4,8H2,1H3,(H,32,33)(H,29,31,38)/t15?,18-/m0/s1. The van der Waals surface area contributed by atoms with Gasteiger partial charge in [0.05, 0.1) is 22.4 Å². The van der Waals surface area contributed by atoms with Gasteiger partial charge in [-0.2, -0.15) is 4.68 Å². The number of H-pyrrole nitrogens is 1. The molecule has 0 saturated carbocycles. The van der Waals surface area contributed by atoms with Gasteiger partial charge in [-0.25, -0.2) is 14.4 Å². The molecule has 0 radical (unpaired) electrons. The van der Waals surface area contributed by atoms with Gasteiger partial charge in [0.15, 0.2) is 11.0 Å². The first-order valence-corrected chi connectivity index (χ1v) is 12.8. The van der Waals surface area contributed by atoms with Crippen molar-refractivity contribution >= 4 is 46.4 Å². The van der Waals surface area contributed by atoms with Crippen LogP contribution in [0.15, 0.2) is 42.9 Å². The van der Waals surface area contributed by atoms with Gasteiger partial charge in [-0.3, -0.25) is 9.59 Å². The molecule has 4 aromatic rings. The molecule has 0 aliphatic carbocycles. The van der Waals surface area contributed by atoms with Crippen molar-refractivity contribution in [2.75, 3.05) is 5.32 Å². The van der Waals surface area contributed by atoms with Crippen LogP contribution >= 0.6 is 23.2 Å². The van der Waals surface area contributed by atoms with Gasteiger partial charge in [-0.1, -0.05) is 23.2 Å². The third kappa shape index (κ3) is 4.55. The zero-order valence-corrected chi connectivity index (χ0v) is 21.9. The van der Waals surface area contributed by atoms with Gasteiger partial charge in [0.1, 0.15) is 18.0 Å². The molecule has 5 heterocycles. The molecule has 2 atom stereocenters. The summed E-state index contributed by atoms with van der Waals surface area (Å²) in [6.45, 7) is 1.40. The van der Waals surface area contributed by atoms with Crippen LogP contribution in [0.3, 0.4) is 0 Å². The third-order valence-corrected chi connectivity index (χ3v) is 7.41. The van der Waals surface area contributed by atoms with Crippen LogP contribution < -0.4 is 5.32 Å². The van der Waals surface area contributed by atoms with Crippen LogP contribution in [0, 0.1) is 5.82 Å². The lowest BCUT2D eigenvalue weighted by Crippen LogP contribution is -2.39. The molecule has 1 saturated heterocycles. The number of rotatable bonds is 5. The Morgan fingerprint density at radius 1 is 1.23 bits per heavy atom. The summed E-state index contributed by atoms with van der Waals surface area (Å²) < 4.78 is 16.7. The Labute approximate surface area is 231 Å². The molecule has 1 unspecified atom stereocenters. The number of benzene rings is 1. The van der Waals surface area contributed by atoms with Crippen molar-refractivity contribution in [3.63, 3.8) is 0 Å². The second-order valence-corrected chi connectivity index (χ2v) is 10.0. The number of tetrazole rings is 1. The highest BCUT2D eigenvalue weighted by Crippen LogP contribution is 2.44. The normalized spacial score (nSPS) is 18.7. The lowest BCUT2D eigenvalue weighted by molar-refractivity contribution is -0.129. The fourth-order valence-corrected chi connectivity index (χ4v) is 5.66. The minimum atomic E-state index is -0.634. The quantitative estimate of drug-likeness (QED) is 0.365. The number of halogens is 3. The molecular formula is C25H20Cl2FN9O2. The fraction of sp³-hybridized carbons (Fsp3) is 0.240. The van der Waals surface area contributed by atoms with Crippen LogP contribution in [0.5, 0.6) is 0 Å². The van der Waals surface area contributed by atoms with E-state index in [1.165, 1.54) is 30.1 Å². The Morgan fingerprint density at radius 2 is 2.08 bits per heavy atom. The van der Waals surface area contributed by atoms with E-state index >= 15 is 4.39 Å². The average molecular weight is 568 g/mol. The highest BCUT2D eigenvalue weighted by molar-refractivity contribution is 6.32. The number of hydrogen-bond donors (Lipinski definition) is 2. The van der Waals surface area contributed by atoms with E-state index < -0.39 is 5.82 Å². The molecule has 6 rings (SSSR count). The Balaban J connectivity index is 1.32. The summed E-state index contributed by atoms with van der Waals surface area (Å²) in [5, 5.41) is 14.0. The van der Waals surface area contributed by atoms with Gasteiger partial charge in [0.2, 0.25) is 11.8 Å². The van der Waals surface area contributed by atoms with E-state index in [9.17, 15) is 9.59 Å². The topological polar surface area (TPSA) is 135 Å². The Kier molecular flexibility index (Phi) is 6.35. The minimum Gasteiger partial charge on any atom is -0.339 e. The van der Waals surface area contributed by atoms with Crippen molar-refractivity contribution in [3.05, 3.63) is 70.2 Å². The molecule has 2 amide bonds. The number of aromatic nitrogens is 7. The highest BCUT2D eigenvalue weighted by atomic mass is 35.5. The number of carbonyl (C=O) groups excluding carboxylic acids is 2. The largest absolute Gasteiger partial charge is 0.339 e. The van der Waals surface area contributed by atoms with Crippen molar-refractivity contribution in [1.82, 2.24) is 40.1 Å². The summed E-state index contributed by atoms with van der Waals surface area (Å²) in [4.78, 5) is 38.6. The van der Waals surface area contributed by atoms with Crippen LogP contribution in [0.25, 0.3) is 22.5 Å². The van der Waals surface area contributed by atoms with E-state index in [0.717, 1.165) is 0 Å². The van der Waals surface area contributed by atoms with Gasteiger partial charge in [0.25, 0.3) is 0 Å². The summed E-state index contributed by atoms with van der Waals surface area (Å²) >= 11 is 12.6. The maximum absolute atomic E-state index is 15.3. The summed E-state index contributed by atoms with van der Waals surface area (Å²) in [6, 6.07) is 5.96. The molecule has 2 aliphatic rings. The number of aromatic amines is 1. The maximum Gasteiger partial charge on any atom is 0.247 e. The van der Waals surface area contributed by atoms with Crippen molar-refractivity contribution in [1.29, 1.82) is 0 Å². The SMILES string of the molecule is CC(=O)Nc1cc(-c2[nH]c([C@@H]3CCC4CC(c5c(-n6cnnn6)ccc(Cl)c5F)=CC(=O)N43)nc2Cl)ccn1. The van der Waals surface area contributed by atoms with Crippen LogP contribution in [-0.4, -0.2) is 57.9 Å². The van der Waals surface area contributed by atoms with Crippen LogP contribution in [0.2, 0.25) is 10.2 Å². The zero-order chi connectivity index (χ0) is 27.3. The Hall–Kier alpha value is -4.16. The number of nitrogens with zero attached hydrogens (tertiary/aromatic N) is 7. The minimum absolute atomic E-state index is 0.0579. The number of hydrogen-bond acceptors (Lipinski definition) is 7. The Morgan fingerprint density at radius 3 is 2.85 bits per heavy atom. The van der Waals surface area contributed by atoms with E-state index in [0.29, 0.717) is 53.4 Å². The lowest BCUT2D eigenvalue weighted by atomic mass is 9.92. The first kappa shape index (κ1) is 25.1. The van der Waals surface area contributed by atoms with Gasteiger partial charge < -0.3 is 15.2 Å². The maximum atomic E-state index is 15.3. The van der Waals surface area contributed by atoms with Gasteiger partial charge in [-0.05, 0) is 59.5 Å². The van der Waals surface area contributed by atoms with Gasteiger partial charge in [0, 0.05) is 36.4 Å². The molecule has 14 heteroatoms. The van der Waals surface area contributed by atoms with E-state index in [1.54, 1.807) is 29.3 Å². The number of anilines is 1. The van der Waals surface area contributed by atoms with Crippen LogP contribution in [0.1, 0.15) is 43.6 Å². The van der Waals surface area contributed by atoms with E-state index in [-0.39, 0.29) is 39.6 Å². The van der Waals surface area contributed by atoms with Gasteiger partial charge >= 0.3 is 0 Å². The van der Waals surface area contributed by atoms with Crippen molar-refractivity contribution < 1.29 is 14.0 Å². The predicted octanol–water partition coefficient (Wildman–Crippen LogP) is 4.37. The number of carbonyl (C=O) groups is 2. The zero-order valence-electron chi connectivity index (χ0n) is 20.4. The first-order chi connectivity index (χ1) is 18.8. The highest BCUT2D eigenvalue weighted by Gasteiger charge is 2.42. The smallest absolute Gasteiger partial charge is 0.247 e. The molecule has 39 heavy (non-hydrogen) atoms. The summed E-state index contributed by atoms with van der Waals surface area (Å²) in [5.41, 5.74) is 2.35. The summed E-state index contributed by atoms with van der Waals surface area (Å²) in [6.07, 6.45) is 6.10. The second kappa shape index (κ2) is 9.86. The molecule has 2 N–H and O–H groups in total. The van der Waals surface area contributed by atoms with E-state index in [2.05, 4.69) is 35.8 Å². The Bertz CT molecular complexity index is 1640. The monoisotopic (exact) mass is 567 g/mol. The summed E-state index contributed by atoms with van der Waals surface area (Å²) in [5.74, 6) is -0.219. The van der Waals surface area contributed by atoms with Crippen molar-refractivity contribution in [2.45, 2.75) is 38.3 Å². The van der Waals surface area contributed by atoms with E-state index in [4.69, 9.17) is 23.2 Å². The molecule has 198 valence electrons. The second-order valence-electron chi connectivity index (χ2n) is 9.27. The van der Waals surface area contributed by atoms with E-state index in [1.807, 2.05) is 0 Å². The number of fused-ring (bicyclic) bond motifs is 1. The molecule has 2 aliphatic heterocycles. The number of nitrogens with one attached hydrogen (secondary N) is 2. The summed E-state index contributed by atoms with van der Waals surface area (Å²) in [7, 11) is 0. The predicted molar refractivity (Wildman–Crippen MR) is 140 cm³/mol.